The van der Waals surface area contributed by atoms with E-state index in [1.807, 2.05) is 13.0 Å². The van der Waals surface area contributed by atoms with Crippen LogP contribution in [0.25, 0.3) is 0 Å². The molecule has 1 heterocycles. The van der Waals surface area contributed by atoms with Crippen LogP contribution < -0.4 is 9.64 Å². The fourth-order valence-corrected chi connectivity index (χ4v) is 2.18. The third kappa shape index (κ3) is 5.08. The van der Waals surface area contributed by atoms with E-state index in [1.165, 1.54) is 11.0 Å². The SMILES string of the molecule is CCOc1ccc(N(CCC#N)C(=O)COC(=O)c2cc(C)no2)cc1. The summed E-state index contributed by atoms with van der Waals surface area (Å²) >= 11 is 0. The minimum absolute atomic E-state index is 0.0695. The van der Waals surface area contributed by atoms with E-state index < -0.39 is 18.5 Å². The maximum absolute atomic E-state index is 12.5. The Hall–Kier alpha value is -3.34. The smallest absolute Gasteiger partial charge is 0.377 e. The molecule has 0 unspecified atom stereocenters. The van der Waals surface area contributed by atoms with E-state index in [9.17, 15) is 9.59 Å². The molecular formula is C18H19N3O5. The molecule has 0 spiro atoms. The maximum atomic E-state index is 12.5. The Morgan fingerprint density at radius 1 is 1.31 bits per heavy atom. The predicted molar refractivity (Wildman–Crippen MR) is 91.7 cm³/mol. The summed E-state index contributed by atoms with van der Waals surface area (Å²) in [7, 11) is 0. The second-order valence-electron chi connectivity index (χ2n) is 5.29. The summed E-state index contributed by atoms with van der Waals surface area (Å²) in [6, 6.07) is 10.3. The van der Waals surface area contributed by atoms with Crippen molar-refractivity contribution in [2.24, 2.45) is 0 Å². The Morgan fingerprint density at radius 2 is 2.04 bits per heavy atom. The highest BCUT2D eigenvalue weighted by Crippen LogP contribution is 2.20. The van der Waals surface area contributed by atoms with Gasteiger partial charge in [-0.2, -0.15) is 5.26 Å². The van der Waals surface area contributed by atoms with Gasteiger partial charge in [-0.05, 0) is 38.1 Å². The number of hydrogen-bond donors (Lipinski definition) is 0. The average molecular weight is 357 g/mol. The van der Waals surface area contributed by atoms with Gasteiger partial charge >= 0.3 is 5.97 Å². The third-order valence-electron chi connectivity index (χ3n) is 3.36. The van der Waals surface area contributed by atoms with Crippen LogP contribution in [0.3, 0.4) is 0 Å². The first-order valence-electron chi connectivity index (χ1n) is 8.05. The minimum atomic E-state index is -0.772. The zero-order valence-electron chi connectivity index (χ0n) is 14.6. The number of carbonyl (C=O) groups is 2. The zero-order valence-corrected chi connectivity index (χ0v) is 14.6. The van der Waals surface area contributed by atoms with Crippen LogP contribution in [0.4, 0.5) is 5.69 Å². The summed E-state index contributed by atoms with van der Waals surface area (Å²) in [5.74, 6) is -0.615. The van der Waals surface area contributed by atoms with E-state index in [-0.39, 0.29) is 18.7 Å². The number of anilines is 1. The molecule has 1 aromatic carbocycles. The number of nitriles is 1. The van der Waals surface area contributed by atoms with Crippen LogP contribution in [0, 0.1) is 18.3 Å². The molecule has 1 aromatic heterocycles. The quantitative estimate of drug-likeness (QED) is 0.668. The van der Waals surface area contributed by atoms with Crippen molar-refractivity contribution in [1.82, 2.24) is 5.16 Å². The van der Waals surface area contributed by atoms with Gasteiger partial charge in [0, 0.05) is 18.3 Å². The highest BCUT2D eigenvalue weighted by atomic mass is 16.6. The zero-order chi connectivity index (χ0) is 18.9. The van der Waals surface area contributed by atoms with Crippen LogP contribution in [0.15, 0.2) is 34.9 Å². The highest BCUT2D eigenvalue weighted by Gasteiger charge is 2.20. The highest BCUT2D eigenvalue weighted by molar-refractivity contribution is 5.96. The summed E-state index contributed by atoms with van der Waals surface area (Å²) in [5.41, 5.74) is 1.12. The molecule has 0 atom stereocenters. The fraction of sp³-hybridized carbons (Fsp3) is 0.333. The number of rotatable bonds is 8. The summed E-state index contributed by atoms with van der Waals surface area (Å²) in [6.07, 6.45) is 0.147. The molecule has 0 fully saturated rings. The normalized spacial score (nSPS) is 10.0. The number of benzene rings is 1. The predicted octanol–water partition coefficient (Wildman–Crippen LogP) is 2.49. The molecule has 8 nitrogen and oxygen atoms in total. The van der Waals surface area contributed by atoms with Crippen molar-refractivity contribution in [2.75, 3.05) is 24.7 Å². The first-order valence-corrected chi connectivity index (χ1v) is 8.05. The summed E-state index contributed by atoms with van der Waals surface area (Å²) < 4.78 is 15.1. The molecule has 1 amide bonds. The van der Waals surface area contributed by atoms with E-state index in [0.717, 1.165) is 0 Å². The van der Waals surface area contributed by atoms with Gasteiger partial charge in [0.2, 0.25) is 5.76 Å². The number of ether oxygens (including phenoxy) is 2. The first-order chi connectivity index (χ1) is 12.5. The topological polar surface area (TPSA) is 106 Å². The lowest BCUT2D eigenvalue weighted by molar-refractivity contribution is -0.121. The van der Waals surface area contributed by atoms with Gasteiger partial charge in [-0.3, -0.25) is 4.79 Å². The molecule has 0 bridgehead atoms. The van der Waals surface area contributed by atoms with Crippen LogP contribution in [-0.2, 0) is 9.53 Å². The van der Waals surface area contributed by atoms with Gasteiger partial charge in [0.1, 0.15) is 5.75 Å². The van der Waals surface area contributed by atoms with Crippen molar-refractivity contribution in [3.8, 4) is 11.8 Å². The molecule has 2 aromatic rings. The Balaban J connectivity index is 2.04. The van der Waals surface area contributed by atoms with E-state index in [4.69, 9.17) is 19.3 Å². The minimum Gasteiger partial charge on any atom is -0.494 e. The van der Waals surface area contributed by atoms with E-state index in [0.29, 0.717) is 23.7 Å². The third-order valence-corrected chi connectivity index (χ3v) is 3.36. The van der Waals surface area contributed by atoms with Crippen LogP contribution in [0.1, 0.15) is 29.6 Å². The number of aromatic nitrogens is 1. The van der Waals surface area contributed by atoms with Crippen molar-refractivity contribution >= 4 is 17.6 Å². The first kappa shape index (κ1) is 19.0. The second kappa shape index (κ2) is 9.22. The van der Waals surface area contributed by atoms with Gasteiger partial charge in [-0.15, -0.1) is 0 Å². The van der Waals surface area contributed by atoms with E-state index >= 15 is 0 Å². The molecule has 0 saturated carbocycles. The standard InChI is InChI=1S/C18H19N3O5/c1-3-24-15-7-5-14(6-8-15)21(10-4-9-19)17(22)12-25-18(23)16-11-13(2)20-26-16/h5-8,11H,3-4,10,12H2,1-2H3. The number of carbonyl (C=O) groups excluding carboxylic acids is 2. The Morgan fingerprint density at radius 3 is 2.62 bits per heavy atom. The maximum Gasteiger partial charge on any atom is 0.377 e. The molecule has 26 heavy (non-hydrogen) atoms. The lowest BCUT2D eigenvalue weighted by Gasteiger charge is -2.21. The Kier molecular flexibility index (Phi) is 6.74. The molecular weight excluding hydrogens is 338 g/mol. The second-order valence-corrected chi connectivity index (χ2v) is 5.29. The molecule has 0 aliphatic rings. The Labute approximate surface area is 150 Å². The van der Waals surface area contributed by atoms with Crippen LogP contribution in [0.2, 0.25) is 0 Å². The number of amides is 1. The lowest BCUT2D eigenvalue weighted by atomic mass is 10.2. The van der Waals surface area contributed by atoms with Crippen LogP contribution in [0.5, 0.6) is 5.75 Å². The van der Waals surface area contributed by atoms with Crippen LogP contribution in [-0.4, -0.2) is 36.8 Å². The van der Waals surface area contributed by atoms with Crippen LogP contribution >= 0.6 is 0 Å². The van der Waals surface area contributed by atoms with Gasteiger partial charge < -0.3 is 18.9 Å². The van der Waals surface area contributed by atoms with Crippen molar-refractivity contribution < 1.29 is 23.6 Å². The molecule has 0 N–H and O–H groups in total. The number of nitrogens with zero attached hydrogens (tertiary/aromatic N) is 3. The van der Waals surface area contributed by atoms with E-state index in [2.05, 4.69) is 5.16 Å². The van der Waals surface area contributed by atoms with Gasteiger partial charge in [0.05, 0.1) is 24.8 Å². The lowest BCUT2D eigenvalue weighted by Crippen LogP contribution is -2.35. The van der Waals surface area contributed by atoms with Gasteiger partial charge in [-0.25, -0.2) is 4.79 Å². The van der Waals surface area contributed by atoms with E-state index in [1.54, 1.807) is 31.2 Å². The molecule has 0 aliphatic heterocycles. The molecule has 0 saturated heterocycles. The van der Waals surface area contributed by atoms with Gasteiger partial charge in [0.15, 0.2) is 6.61 Å². The van der Waals surface area contributed by atoms with Crippen molar-refractivity contribution in [1.29, 1.82) is 5.26 Å². The number of esters is 1. The molecule has 0 radical (unpaired) electrons. The summed E-state index contributed by atoms with van der Waals surface area (Å²) in [4.78, 5) is 25.7. The number of aryl methyl sites for hydroxylation is 1. The average Bonchev–Trinajstić information content (AvgIpc) is 3.08. The largest absolute Gasteiger partial charge is 0.494 e. The van der Waals surface area contributed by atoms with Crippen molar-refractivity contribution in [2.45, 2.75) is 20.3 Å². The molecule has 2 rings (SSSR count). The Bertz CT molecular complexity index is 792. The molecule has 8 heteroatoms. The van der Waals surface area contributed by atoms with Crippen molar-refractivity contribution in [3.63, 3.8) is 0 Å². The monoisotopic (exact) mass is 357 g/mol. The fourth-order valence-electron chi connectivity index (χ4n) is 2.18. The van der Waals surface area contributed by atoms with Crippen molar-refractivity contribution in [3.05, 3.63) is 41.8 Å². The molecule has 0 aliphatic carbocycles. The molecule has 136 valence electrons. The van der Waals surface area contributed by atoms with Gasteiger partial charge in [-0.1, -0.05) is 5.16 Å². The summed E-state index contributed by atoms with van der Waals surface area (Å²) in [6.45, 7) is 3.79. The summed E-state index contributed by atoms with van der Waals surface area (Å²) in [5, 5.41) is 12.4. The van der Waals surface area contributed by atoms with Gasteiger partial charge in [0.25, 0.3) is 5.91 Å². The number of hydrogen-bond acceptors (Lipinski definition) is 7.